The molecule has 0 N–H and O–H groups in total. The Morgan fingerprint density at radius 2 is 1.52 bits per heavy atom. The van der Waals surface area contributed by atoms with Crippen LogP contribution in [-0.4, -0.2) is 0 Å². The third-order valence-electron chi connectivity index (χ3n) is 6.93. The van der Waals surface area contributed by atoms with Gasteiger partial charge in [-0.05, 0) is 67.7 Å². The highest BCUT2D eigenvalue weighted by Gasteiger charge is 2.23. The summed E-state index contributed by atoms with van der Waals surface area (Å²) in [6.45, 7) is 4.24. The Bertz CT molecular complexity index is 950. The molecule has 1 aliphatic carbocycles. The van der Waals surface area contributed by atoms with E-state index in [1.54, 1.807) is 24.3 Å². The summed E-state index contributed by atoms with van der Waals surface area (Å²) in [5.74, 6) is 6.65. The van der Waals surface area contributed by atoms with E-state index in [4.69, 9.17) is 0 Å². The Balaban J connectivity index is 1.66. The summed E-state index contributed by atoms with van der Waals surface area (Å²) in [5.41, 5.74) is 3.55. The molecule has 3 rings (SSSR count). The summed E-state index contributed by atoms with van der Waals surface area (Å²) >= 11 is 0. The molecule has 0 amide bonds. The van der Waals surface area contributed by atoms with Gasteiger partial charge in [-0.2, -0.15) is 0 Å². The minimum absolute atomic E-state index is 0.154. The molecule has 0 radical (unpaired) electrons. The van der Waals surface area contributed by atoms with Gasteiger partial charge in [-0.15, -0.1) is 0 Å². The lowest BCUT2D eigenvalue weighted by molar-refractivity contribution is 0.302. The highest BCUT2D eigenvalue weighted by molar-refractivity contribution is 5.62. The van der Waals surface area contributed by atoms with Crippen LogP contribution in [0, 0.1) is 17.8 Å². The maximum atomic E-state index is 14.3. The summed E-state index contributed by atoms with van der Waals surface area (Å²) in [6.07, 6.45) is 12.2. The maximum Gasteiger partial charge on any atom is 0.161 e. The molecule has 0 aromatic heterocycles. The Kier molecular flexibility index (Phi) is 10.2. The third-order valence-corrected chi connectivity index (χ3v) is 6.93. The maximum absolute atomic E-state index is 14.3. The Hall–Kier alpha value is -2.40. The van der Waals surface area contributed by atoms with Gasteiger partial charge in [0.05, 0.1) is 0 Å². The quantitative estimate of drug-likeness (QED) is 0.264. The molecule has 2 aromatic rings. The average Bonchev–Trinajstić information content (AvgIpc) is 2.86. The van der Waals surface area contributed by atoms with Crippen molar-refractivity contribution in [3.63, 3.8) is 0 Å². The first-order valence-corrected chi connectivity index (χ1v) is 12.9. The summed E-state index contributed by atoms with van der Waals surface area (Å²) in [7, 11) is 0. The molecule has 176 valence electrons. The summed E-state index contributed by atoms with van der Waals surface area (Å²) in [6, 6.07) is 15.3. The van der Waals surface area contributed by atoms with Crippen LogP contribution in [0.25, 0.3) is 5.83 Å². The van der Waals surface area contributed by atoms with E-state index >= 15 is 0 Å². The Morgan fingerprint density at radius 3 is 2.21 bits per heavy atom. The van der Waals surface area contributed by atoms with E-state index in [0.717, 1.165) is 23.5 Å². The Labute approximate surface area is 199 Å². The molecule has 0 heterocycles. The van der Waals surface area contributed by atoms with Crippen molar-refractivity contribution in [1.82, 2.24) is 0 Å². The normalized spacial score (nSPS) is 18.9. The van der Waals surface area contributed by atoms with Gasteiger partial charge in [0.15, 0.2) is 5.83 Å². The predicted molar refractivity (Wildman–Crippen MR) is 136 cm³/mol. The topological polar surface area (TPSA) is 0 Å². The van der Waals surface area contributed by atoms with Crippen LogP contribution in [0.1, 0.15) is 113 Å². The van der Waals surface area contributed by atoms with Gasteiger partial charge >= 0.3 is 0 Å². The highest BCUT2D eigenvalue weighted by atomic mass is 19.2. The van der Waals surface area contributed by atoms with E-state index in [2.05, 4.69) is 37.0 Å². The molecule has 1 saturated carbocycles. The number of unbranched alkanes of at least 4 members (excludes halogenated alkanes) is 3. The smallest absolute Gasteiger partial charge is 0.161 e. The molecule has 0 atom stereocenters. The van der Waals surface area contributed by atoms with Gasteiger partial charge in [-0.25, -0.2) is 8.78 Å². The lowest BCUT2D eigenvalue weighted by atomic mass is 9.76. The van der Waals surface area contributed by atoms with Crippen molar-refractivity contribution in [3.8, 4) is 11.8 Å². The molecule has 0 unspecified atom stereocenters. The highest BCUT2D eigenvalue weighted by Crippen LogP contribution is 2.38. The number of benzene rings is 2. The largest absolute Gasteiger partial charge is 0.209 e. The van der Waals surface area contributed by atoms with E-state index in [1.807, 2.05) is 13.0 Å². The van der Waals surface area contributed by atoms with Gasteiger partial charge in [0.25, 0.3) is 0 Å². The summed E-state index contributed by atoms with van der Waals surface area (Å²) in [4.78, 5) is 0. The fourth-order valence-electron chi connectivity index (χ4n) is 4.85. The van der Waals surface area contributed by atoms with Crippen LogP contribution in [0.2, 0.25) is 0 Å². The number of halogens is 2. The SMILES string of the molecule is CCCCCC1CCC(c2ccccc2C#Cc2ccc(C(F)=C(F)CCCC)cc2)CC1. The van der Waals surface area contributed by atoms with Crippen LogP contribution in [0.4, 0.5) is 8.78 Å². The predicted octanol–water partition coefficient (Wildman–Crippen LogP) is 9.74. The zero-order valence-electron chi connectivity index (χ0n) is 20.3. The van der Waals surface area contributed by atoms with Crippen LogP contribution in [0.15, 0.2) is 54.4 Å². The van der Waals surface area contributed by atoms with Crippen LogP contribution < -0.4 is 0 Å². The number of hydrogen-bond donors (Lipinski definition) is 0. The first-order chi connectivity index (χ1) is 16.1. The third kappa shape index (κ3) is 7.56. The second kappa shape index (κ2) is 13.3. The molecule has 0 saturated heterocycles. The van der Waals surface area contributed by atoms with E-state index in [1.165, 1.54) is 56.9 Å². The fraction of sp³-hybridized carbons (Fsp3) is 0.484. The van der Waals surface area contributed by atoms with Crippen LogP contribution >= 0.6 is 0 Å². The second-order valence-electron chi connectivity index (χ2n) is 9.45. The number of allylic oxidation sites excluding steroid dienone is 1. The molecular formula is C31H38F2. The average molecular weight is 449 g/mol. The molecule has 0 bridgehead atoms. The first-order valence-electron chi connectivity index (χ1n) is 12.9. The van der Waals surface area contributed by atoms with E-state index < -0.39 is 11.7 Å². The van der Waals surface area contributed by atoms with E-state index in [9.17, 15) is 8.78 Å². The van der Waals surface area contributed by atoms with Crippen molar-refractivity contribution in [2.45, 2.75) is 90.4 Å². The Morgan fingerprint density at radius 1 is 0.818 bits per heavy atom. The van der Waals surface area contributed by atoms with Crippen molar-refractivity contribution < 1.29 is 8.78 Å². The van der Waals surface area contributed by atoms with E-state index in [0.29, 0.717) is 12.3 Å². The lowest BCUT2D eigenvalue weighted by Crippen LogP contribution is -2.14. The van der Waals surface area contributed by atoms with Crippen molar-refractivity contribution in [1.29, 1.82) is 0 Å². The molecule has 0 aliphatic heterocycles. The van der Waals surface area contributed by atoms with Crippen molar-refractivity contribution >= 4 is 5.83 Å². The van der Waals surface area contributed by atoms with Crippen LogP contribution in [-0.2, 0) is 0 Å². The van der Waals surface area contributed by atoms with Crippen molar-refractivity contribution in [3.05, 3.63) is 76.6 Å². The van der Waals surface area contributed by atoms with Crippen molar-refractivity contribution in [2.75, 3.05) is 0 Å². The van der Waals surface area contributed by atoms with Gasteiger partial charge in [-0.3, -0.25) is 0 Å². The van der Waals surface area contributed by atoms with Gasteiger partial charge in [0.2, 0.25) is 0 Å². The standard InChI is InChI=1S/C31H38F2/c1-3-5-7-10-24-14-20-27(21-15-24)29-12-9-8-11-26(29)19-16-25-17-22-28(23-18-25)31(33)30(32)13-6-4-2/h8-9,11-12,17-18,22-24,27H,3-7,10,13-15,20-21H2,1-2H3. The molecule has 0 nitrogen and oxygen atoms in total. The van der Waals surface area contributed by atoms with Gasteiger partial charge in [0.1, 0.15) is 5.83 Å². The number of rotatable bonds is 9. The van der Waals surface area contributed by atoms with Gasteiger partial charge in [-0.1, -0.05) is 88.1 Å². The second-order valence-corrected chi connectivity index (χ2v) is 9.45. The van der Waals surface area contributed by atoms with Crippen LogP contribution in [0.5, 0.6) is 0 Å². The molecule has 33 heavy (non-hydrogen) atoms. The molecule has 2 aromatic carbocycles. The minimum Gasteiger partial charge on any atom is -0.209 e. The molecule has 2 heteroatoms. The molecule has 1 aliphatic rings. The molecular weight excluding hydrogens is 410 g/mol. The minimum atomic E-state index is -0.751. The molecule has 0 spiro atoms. The zero-order chi connectivity index (χ0) is 23.5. The first kappa shape index (κ1) is 25.2. The van der Waals surface area contributed by atoms with Gasteiger partial charge < -0.3 is 0 Å². The zero-order valence-corrected chi connectivity index (χ0v) is 20.3. The van der Waals surface area contributed by atoms with Crippen molar-refractivity contribution in [2.24, 2.45) is 5.92 Å². The number of hydrogen-bond acceptors (Lipinski definition) is 0. The summed E-state index contributed by atoms with van der Waals surface area (Å²) in [5, 5.41) is 0. The van der Waals surface area contributed by atoms with Gasteiger partial charge in [0, 0.05) is 23.1 Å². The van der Waals surface area contributed by atoms with Crippen LogP contribution in [0.3, 0.4) is 0 Å². The summed E-state index contributed by atoms with van der Waals surface area (Å²) < 4.78 is 28.2. The van der Waals surface area contributed by atoms with E-state index in [-0.39, 0.29) is 12.0 Å². The fourth-order valence-corrected chi connectivity index (χ4v) is 4.85. The molecule has 1 fully saturated rings. The lowest BCUT2D eigenvalue weighted by Gasteiger charge is -2.29. The monoisotopic (exact) mass is 448 g/mol.